The van der Waals surface area contributed by atoms with Crippen LogP contribution >= 0.6 is 0 Å². The highest BCUT2D eigenvalue weighted by Crippen LogP contribution is 2.45. The van der Waals surface area contributed by atoms with Gasteiger partial charge in [0, 0.05) is 7.05 Å². The lowest BCUT2D eigenvalue weighted by Crippen LogP contribution is -2.43. The molecule has 0 spiro atoms. The van der Waals surface area contributed by atoms with Crippen LogP contribution in [0.5, 0.6) is 0 Å². The highest BCUT2D eigenvalue weighted by atomic mass is 19.4. The maximum atomic E-state index is 12.5. The molecule has 1 saturated carbocycles. The highest BCUT2D eigenvalue weighted by Gasteiger charge is 2.49. The minimum Gasteiger partial charge on any atom is -0.481 e. The summed E-state index contributed by atoms with van der Waals surface area (Å²) in [5.41, 5.74) is -2.10. The third-order valence-electron chi connectivity index (χ3n) is 3.28. The fraction of sp³-hybridized carbons (Fsp3) is 0.600. The van der Waals surface area contributed by atoms with Gasteiger partial charge in [0.2, 0.25) is 0 Å². The van der Waals surface area contributed by atoms with Crippen molar-refractivity contribution in [2.45, 2.75) is 30.9 Å². The van der Waals surface area contributed by atoms with Crippen molar-refractivity contribution in [3.05, 3.63) is 17.5 Å². The van der Waals surface area contributed by atoms with Crippen molar-refractivity contribution in [1.29, 1.82) is 0 Å². The van der Waals surface area contributed by atoms with Gasteiger partial charge in [0.25, 0.3) is 0 Å². The van der Waals surface area contributed by atoms with Crippen LogP contribution in [0.4, 0.5) is 13.2 Å². The van der Waals surface area contributed by atoms with Crippen molar-refractivity contribution in [2.24, 2.45) is 7.05 Å². The SMILES string of the molecule is Cn1nc(C(F)(F)F)cc1C1(C(=O)O)CCC1. The molecule has 0 amide bonds. The number of aromatic nitrogens is 2. The number of aryl methyl sites for hydroxylation is 1. The number of nitrogens with zero attached hydrogens (tertiary/aromatic N) is 2. The summed E-state index contributed by atoms with van der Waals surface area (Å²) >= 11 is 0. The maximum absolute atomic E-state index is 12.5. The average molecular weight is 248 g/mol. The van der Waals surface area contributed by atoms with E-state index in [0.29, 0.717) is 19.3 Å². The number of carboxylic acid groups (broad SMARTS) is 1. The molecule has 0 unspecified atom stereocenters. The number of aliphatic carboxylic acids is 1. The Hall–Kier alpha value is -1.53. The van der Waals surface area contributed by atoms with E-state index >= 15 is 0 Å². The average Bonchev–Trinajstić information content (AvgIpc) is 2.45. The lowest BCUT2D eigenvalue weighted by atomic mass is 9.66. The zero-order valence-electron chi connectivity index (χ0n) is 9.08. The predicted molar refractivity (Wildman–Crippen MR) is 51.4 cm³/mol. The van der Waals surface area contributed by atoms with Crippen molar-refractivity contribution in [1.82, 2.24) is 9.78 Å². The molecule has 1 fully saturated rings. The number of rotatable bonds is 2. The first-order valence-electron chi connectivity index (χ1n) is 5.12. The zero-order chi connectivity index (χ0) is 12.8. The standard InChI is InChI=1S/C10H11F3N2O2/c1-15-7(5-6(14-15)10(11,12)13)9(8(16)17)3-2-4-9/h5H,2-4H2,1H3,(H,16,17). The van der Waals surface area contributed by atoms with Crippen LogP contribution in [0, 0.1) is 0 Å². The molecule has 1 aliphatic rings. The van der Waals surface area contributed by atoms with Crippen LogP contribution in [-0.4, -0.2) is 20.9 Å². The van der Waals surface area contributed by atoms with Crippen molar-refractivity contribution < 1.29 is 23.1 Å². The topological polar surface area (TPSA) is 55.1 Å². The highest BCUT2D eigenvalue weighted by molar-refractivity contribution is 5.82. The largest absolute Gasteiger partial charge is 0.481 e. The first-order valence-corrected chi connectivity index (χ1v) is 5.12. The Kier molecular flexibility index (Phi) is 2.44. The number of carboxylic acids is 1. The van der Waals surface area contributed by atoms with E-state index in [-0.39, 0.29) is 5.69 Å². The van der Waals surface area contributed by atoms with E-state index in [1.54, 1.807) is 0 Å². The fourth-order valence-corrected chi connectivity index (χ4v) is 2.16. The summed E-state index contributed by atoms with van der Waals surface area (Å²) in [5.74, 6) is -1.08. The number of hydrogen-bond acceptors (Lipinski definition) is 2. The van der Waals surface area contributed by atoms with E-state index in [0.717, 1.165) is 10.7 Å². The first kappa shape index (κ1) is 11.9. The van der Waals surface area contributed by atoms with Gasteiger partial charge in [-0.2, -0.15) is 18.3 Å². The van der Waals surface area contributed by atoms with Crippen LogP contribution in [0.1, 0.15) is 30.7 Å². The fourth-order valence-electron chi connectivity index (χ4n) is 2.16. The molecular weight excluding hydrogens is 237 g/mol. The van der Waals surface area contributed by atoms with Gasteiger partial charge in [0.05, 0.1) is 5.69 Å². The number of halogens is 3. The molecule has 1 aromatic rings. The second-order valence-electron chi connectivity index (χ2n) is 4.28. The van der Waals surface area contributed by atoms with Crippen molar-refractivity contribution >= 4 is 5.97 Å². The third kappa shape index (κ3) is 1.69. The van der Waals surface area contributed by atoms with Crippen LogP contribution in [0.2, 0.25) is 0 Å². The molecule has 17 heavy (non-hydrogen) atoms. The Morgan fingerprint density at radius 1 is 1.53 bits per heavy atom. The van der Waals surface area contributed by atoms with Crippen molar-refractivity contribution in [2.75, 3.05) is 0 Å². The molecule has 1 aromatic heterocycles. The van der Waals surface area contributed by atoms with Gasteiger partial charge >= 0.3 is 12.1 Å². The predicted octanol–water partition coefficient (Wildman–Crippen LogP) is 1.95. The zero-order valence-corrected chi connectivity index (χ0v) is 9.08. The minimum absolute atomic E-state index is 0.128. The molecule has 4 nitrogen and oxygen atoms in total. The molecule has 0 aliphatic heterocycles. The molecule has 0 radical (unpaired) electrons. The lowest BCUT2D eigenvalue weighted by Gasteiger charge is -2.37. The summed E-state index contributed by atoms with van der Waals surface area (Å²) < 4.78 is 38.4. The minimum atomic E-state index is -4.54. The van der Waals surface area contributed by atoms with E-state index in [1.807, 2.05) is 0 Å². The summed E-state index contributed by atoms with van der Waals surface area (Å²) in [4.78, 5) is 11.2. The summed E-state index contributed by atoms with van der Waals surface area (Å²) in [6, 6.07) is 0.841. The molecule has 2 rings (SSSR count). The van der Waals surface area contributed by atoms with Gasteiger partial charge in [0.1, 0.15) is 5.41 Å². The summed E-state index contributed by atoms with van der Waals surface area (Å²) in [6.45, 7) is 0. The molecule has 1 heterocycles. The molecule has 1 N–H and O–H groups in total. The van der Waals surface area contributed by atoms with Gasteiger partial charge in [-0.05, 0) is 18.9 Å². The van der Waals surface area contributed by atoms with E-state index in [1.165, 1.54) is 7.05 Å². The Balaban J connectivity index is 2.46. The van der Waals surface area contributed by atoms with Crippen LogP contribution in [0.15, 0.2) is 6.07 Å². The molecular formula is C10H11F3N2O2. The lowest BCUT2D eigenvalue weighted by molar-refractivity contribution is -0.148. The number of alkyl halides is 3. The van der Waals surface area contributed by atoms with Crippen LogP contribution < -0.4 is 0 Å². The Labute approximate surface area is 95.0 Å². The second-order valence-corrected chi connectivity index (χ2v) is 4.28. The Morgan fingerprint density at radius 3 is 2.41 bits per heavy atom. The van der Waals surface area contributed by atoms with Gasteiger partial charge < -0.3 is 5.11 Å². The molecule has 1 aliphatic carbocycles. The van der Waals surface area contributed by atoms with E-state index in [9.17, 15) is 18.0 Å². The first-order chi connectivity index (χ1) is 7.77. The van der Waals surface area contributed by atoms with Gasteiger partial charge in [-0.3, -0.25) is 9.48 Å². The maximum Gasteiger partial charge on any atom is 0.435 e. The molecule has 7 heteroatoms. The van der Waals surface area contributed by atoms with Gasteiger partial charge in [0.15, 0.2) is 5.69 Å². The van der Waals surface area contributed by atoms with Gasteiger partial charge in [-0.25, -0.2) is 0 Å². The third-order valence-corrected chi connectivity index (χ3v) is 3.28. The quantitative estimate of drug-likeness (QED) is 0.870. The van der Waals surface area contributed by atoms with Gasteiger partial charge in [-0.15, -0.1) is 0 Å². The molecule has 0 aromatic carbocycles. The Morgan fingerprint density at radius 2 is 2.12 bits per heavy atom. The van der Waals surface area contributed by atoms with Crippen LogP contribution in [0.3, 0.4) is 0 Å². The number of carbonyl (C=O) groups is 1. The molecule has 0 atom stereocenters. The number of hydrogen-bond donors (Lipinski definition) is 1. The van der Waals surface area contributed by atoms with Crippen LogP contribution in [-0.2, 0) is 23.4 Å². The second kappa shape index (κ2) is 3.48. The van der Waals surface area contributed by atoms with Crippen molar-refractivity contribution in [3.63, 3.8) is 0 Å². The van der Waals surface area contributed by atoms with Crippen LogP contribution in [0.25, 0.3) is 0 Å². The summed E-state index contributed by atoms with van der Waals surface area (Å²) in [5, 5.41) is 12.5. The van der Waals surface area contributed by atoms with Crippen molar-refractivity contribution in [3.8, 4) is 0 Å². The Bertz CT molecular complexity index is 461. The molecule has 94 valence electrons. The molecule has 0 saturated heterocycles. The normalized spacial score (nSPS) is 18.8. The smallest absolute Gasteiger partial charge is 0.435 e. The monoisotopic (exact) mass is 248 g/mol. The molecule has 0 bridgehead atoms. The van der Waals surface area contributed by atoms with E-state index in [2.05, 4.69) is 5.10 Å². The van der Waals surface area contributed by atoms with Gasteiger partial charge in [-0.1, -0.05) is 6.42 Å². The van der Waals surface area contributed by atoms with E-state index < -0.39 is 23.3 Å². The summed E-state index contributed by atoms with van der Waals surface area (Å²) in [6.07, 6.45) is -3.11. The summed E-state index contributed by atoms with van der Waals surface area (Å²) in [7, 11) is 1.34. The van der Waals surface area contributed by atoms with E-state index in [4.69, 9.17) is 5.11 Å².